The quantitative estimate of drug-likeness (QED) is 0.483. The number of aliphatic hydroxyl groups is 1. The van der Waals surface area contributed by atoms with Gasteiger partial charge in [-0.05, 0) is 31.5 Å². The smallest absolute Gasteiger partial charge is 0.159 e. The number of carbonyl (C=O) groups excluding carboxylic acids is 1. The summed E-state index contributed by atoms with van der Waals surface area (Å²) in [6.45, 7) is 4.11. The summed E-state index contributed by atoms with van der Waals surface area (Å²) in [4.78, 5) is 11.4. The van der Waals surface area contributed by atoms with Crippen LogP contribution in [0, 0.1) is 5.92 Å². The first-order valence-corrected chi connectivity index (χ1v) is 6.27. The van der Waals surface area contributed by atoms with Gasteiger partial charge in [0.15, 0.2) is 5.05 Å². The largest absolute Gasteiger partial charge is 0.502 e. The number of rotatable bonds is 9. The van der Waals surface area contributed by atoms with Gasteiger partial charge in [0.05, 0.1) is 0 Å². The zero-order valence-corrected chi connectivity index (χ0v) is 10.6. The number of thiocarbonyl (C=S) groups is 1. The summed E-state index contributed by atoms with van der Waals surface area (Å²) < 4.78 is 0. The van der Waals surface area contributed by atoms with Crippen molar-refractivity contribution < 1.29 is 9.90 Å². The topological polar surface area (TPSA) is 37.3 Å². The second kappa shape index (κ2) is 8.84. The summed E-state index contributed by atoms with van der Waals surface area (Å²) in [5.74, 6) is 0.327. The first-order chi connectivity index (χ1) is 7.11. The molecule has 15 heavy (non-hydrogen) atoms. The van der Waals surface area contributed by atoms with Gasteiger partial charge < -0.3 is 5.11 Å². The van der Waals surface area contributed by atoms with Crippen molar-refractivity contribution in [3.05, 3.63) is 0 Å². The third kappa shape index (κ3) is 7.48. The van der Waals surface area contributed by atoms with Crippen LogP contribution in [0.1, 0.15) is 58.8 Å². The molecule has 0 aromatic carbocycles. The standard InChI is InChI=1S/C12H22O2S/c1-3-5-6-7-11(13)9-8-10(4-2)12(14)15/h10H,3-9H2,1-2H3,(H,14,15). The van der Waals surface area contributed by atoms with Crippen LogP contribution >= 0.6 is 12.2 Å². The van der Waals surface area contributed by atoms with Crippen molar-refractivity contribution in [1.29, 1.82) is 0 Å². The molecule has 3 heteroatoms. The Hall–Kier alpha value is -0.440. The number of Topliss-reactive ketones (excluding diaryl/α,β-unsaturated/α-hetero) is 1. The van der Waals surface area contributed by atoms with E-state index in [1.54, 1.807) is 0 Å². The van der Waals surface area contributed by atoms with Crippen molar-refractivity contribution in [3.63, 3.8) is 0 Å². The number of carbonyl (C=O) groups is 1. The highest BCUT2D eigenvalue weighted by molar-refractivity contribution is 7.80. The molecule has 1 atom stereocenters. The number of hydrogen-bond donors (Lipinski definition) is 1. The minimum atomic E-state index is 0.0233. The average molecular weight is 230 g/mol. The van der Waals surface area contributed by atoms with E-state index in [1.807, 2.05) is 6.92 Å². The van der Waals surface area contributed by atoms with Crippen LogP contribution in [0.25, 0.3) is 0 Å². The first kappa shape index (κ1) is 14.6. The van der Waals surface area contributed by atoms with Gasteiger partial charge in [-0.15, -0.1) is 0 Å². The number of unbranched alkanes of at least 4 members (excludes halogenated alkanes) is 2. The number of ketones is 1. The molecule has 88 valence electrons. The molecule has 0 spiro atoms. The molecule has 0 aliphatic heterocycles. The lowest BCUT2D eigenvalue weighted by atomic mass is 9.98. The number of hydrogen-bond acceptors (Lipinski definition) is 2. The Morgan fingerprint density at radius 3 is 2.40 bits per heavy atom. The fraction of sp³-hybridized carbons (Fsp3) is 0.833. The summed E-state index contributed by atoms with van der Waals surface area (Å²) >= 11 is 4.72. The number of aliphatic hydroxyl groups excluding tert-OH is 1. The van der Waals surface area contributed by atoms with Crippen LogP contribution in [0.5, 0.6) is 0 Å². The molecule has 0 aliphatic carbocycles. The molecule has 0 fully saturated rings. The molecule has 1 N–H and O–H groups in total. The van der Waals surface area contributed by atoms with Gasteiger partial charge in [0.1, 0.15) is 5.78 Å². The van der Waals surface area contributed by atoms with Crippen LogP contribution in [0.15, 0.2) is 0 Å². The molecular formula is C12H22O2S. The third-order valence-electron chi connectivity index (χ3n) is 2.67. The fourth-order valence-electron chi connectivity index (χ4n) is 1.53. The van der Waals surface area contributed by atoms with Crippen molar-refractivity contribution in [3.8, 4) is 0 Å². The molecule has 0 radical (unpaired) electrons. The van der Waals surface area contributed by atoms with Gasteiger partial charge in [0, 0.05) is 18.8 Å². The van der Waals surface area contributed by atoms with Crippen LogP contribution in [0.2, 0.25) is 0 Å². The van der Waals surface area contributed by atoms with Gasteiger partial charge in [-0.25, -0.2) is 0 Å². The molecule has 0 amide bonds. The van der Waals surface area contributed by atoms with E-state index < -0.39 is 0 Å². The van der Waals surface area contributed by atoms with Crippen molar-refractivity contribution >= 4 is 23.1 Å². The van der Waals surface area contributed by atoms with E-state index in [-0.39, 0.29) is 11.0 Å². The highest BCUT2D eigenvalue weighted by Crippen LogP contribution is 2.14. The lowest BCUT2D eigenvalue weighted by molar-refractivity contribution is -0.119. The summed E-state index contributed by atoms with van der Waals surface area (Å²) in [5.41, 5.74) is 0. The van der Waals surface area contributed by atoms with Crippen molar-refractivity contribution in [2.75, 3.05) is 0 Å². The molecular weight excluding hydrogens is 208 g/mol. The van der Waals surface area contributed by atoms with Crippen molar-refractivity contribution in [1.82, 2.24) is 0 Å². The second-order valence-corrected chi connectivity index (χ2v) is 4.40. The highest BCUT2D eigenvalue weighted by Gasteiger charge is 2.12. The van der Waals surface area contributed by atoms with Crippen LogP contribution in [-0.2, 0) is 4.79 Å². The summed E-state index contributed by atoms with van der Waals surface area (Å²) in [6, 6.07) is 0. The predicted molar refractivity (Wildman–Crippen MR) is 67.4 cm³/mol. The van der Waals surface area contributed by atoms with Crippen LogP contribution < -0.4 is 0 Å². The lowest BCUT2D eigenvalue weighted by Gasteiger charge is -2.10. The Bertz CT molecular complexity index is 202. The van der Waals surface area contributed by atoms with Gasteiger partial charge in [-0.1, -0.05) is 26.7 Å². The minimum Gasteiger partial charge on any atom is -0.502 e. The maximum Gasteiger partial charge on any atom is 0.159 e. The monoisotopic (exact) mass is 230 g/mol. The van der Waals surface area contributed by atoms with E-state index in [1.165, 1.54) is 0 Å². The molecule has 0 saturated carbocycles. The van der Waals surface area contributed by atoms with E-state index in [9.17, 15) is 4.79 Å². The Kier molecular flexibility index (Phi) is 8.58. The second-order valence-electron chi connectivity index (χ2n) is 3.98. The molecule has 0 aromatic rings. The van der Waals surface area contributed by atoms with E-state index >= 15 is 0 Å². The van der Waals surface area contributed by atoms with Gasteiger partial charge >= 0.3 is 0 Å². The van der Waals surface area contributed by atoms with E-state index in [2.05, 4.69) is 6.92 Å². The average Bonchev–Trinajstić information content (AvgIpc) is 2.18. The maximum absolute atomic E-state index is 11.4. The van der Waals surface area contributed by atoms with Crippen LogP contribution in [0.4, 0.5) is 0 Å². The Morgan fingerprint density at radius 1 is 1.27 bits per heavy atom. The van der Waals surface area contributed by atoms with E-state index in [4.69, 9.17) is 17.3 Å². The van der Waals surface area contributed by atoms with Crippen LogP contribution in [0.3, 0.4) is 0 Å². The van der Waals surface area contributed by atoms with Crippen molar-refractivity contribution in [2.24, 2.45) is 5.92 Å². The SMILES string of the molecule is CCCCCC(=O)CCC(CC)C(O)=S. The molecule has 0 saturated heterocycles. The fourth-order valence-corrected chi connectivity index (χ4v) is 1.82. The summed E-state index contributed by atoms with van der Waals surface area (Å²) in [7, 11) is 0. The van der Waals surface area contributed by atoms with Crippen molar-refractivity contribution in [2.45, 2.75) is 58.8 Å². The van der Waals surface area contributed by atoms with E-state index in [0.717, 1.165) is 25.7 Å². The highest BCUT2D eigenvalue weighted by atomic mass is 32.1. The maximum atomic E-state index is 11.4. The first-order valence-electron chi connectivity index (χ1n) is 5.86. The molecule has 1 unspecified atom stereocenters. The molecule has 0 heterocycles. The van der Waals surface area contributed by atoms with Gasteiger partial charge in [0.2, 0.25) is 0 Å². The molecule has 0 aromatic heterocycles. The Morgan fingerprint density at radius 2 is 1.93 bits per heavy atom. The molecule has 0 aliphatic rings. The van der Waals surface area contributed by atoms with Gasteiger partial charge in [-0.2, -0.15) is 0 Å². The Balaban J connectivity index is 3.64. The minimum absolute atomic E-state index is 0.0233. The van der Waals surface area contributed by atoms with Gasteiger partial charge in [0.25, 0.3) is 0 Å². The third-order valence-corrected chi connectivity index (χ3v) is 3.01. The Labute approximate surface area is 98.1 Å². The predicted octanol–water partition coefficient (Wildman–Crippen LogP) is 3.83. The zero-order chi connectivity index (χ0) is 11.7. The van der Waals surface area contributed by atoms with E-state index in [0.29, 0.717) is 25.0 Å². The molecule has 0 rings (SSSR count). The van der Waals surface area contributed by atoms with Crippen LogP contribution in [-0.4, -0.2) is 15.9 Å². The zero-order valence-electron chi connectivity index (χ0n) is 9.79. The summed E-state index contributed by atoms with van der Waals surface area (Å²) in [5, 5.41) is 9.21. The molecule has 0 bridgehead atoms. The lowest BCUT2D eigenvalue weighted by Crippen LogP contribution is -2.12. The molecule has 2 nitrogen and oxygen atoms in total. The normalized spacial score (nSPS) is 12.4. The summed E-state index contributed by atoms with van der Waals surface area (Å²) in [6.07, 6.45) is 6.03. The van der Waals surface area contributed by atoms with Gasteiger partial charge in [-0.3, -0.25) is 4.79 Å².